The molecule has 1 N–H and O–H groups in total. The zero-order valence-corrected chi connectivity index (χ0v) is 8.59. The van der Waals surface area contributed by atoms with E-state index in [9.17, 15) is 18.0 Å². The van der Waals surface area contributed by atoms with Crippen LogP contribution in [0.5, 0.6) is 0 Å². The molecule has 2 heterocycles. The number of carbonyl (C=O) groups is 1. The van der Waals surface area contributed by atoms with Gasteiger partial charge in [-0.25, -0.2) is 19.4 Å². The summed E-state index contributed by atoms with van der Waals surface area (Å²) in [7, 11) is 0. The van der Waals surface area contributed by atoms with Crippen molar-refractivity contribution in [2.24, 2.45) is 0 Å². The van der Waals surface area contributed by atoms with Gasteiger partial charge in [0.15, 0.2) is 0 Å². The fourth-order valence-electron chi connectivity index (χ4n) is 1.13. The fraction of sp³-hybridized carbons (Fsp3) is 0.111. The molecule has 0 radical (unpaired) electrons. The monoisotopic (exact) mass is 258 g/mol. The molecule has 6 nitrogen and oxygen atoms in total. The van der Waals surface area contributed by atoms with E-state index in [1.807, 2.05) is 0 Å². The molecule has 0 spiro atoms. The van der Waals surface area contributed by atoms with Crippen LogP contribution in [0.15, 0.2) is 24.8 Å². The lowest BCUT2D eigenvalue weighted by Crippen LogP contribution is -2.09. The van der Waals surface area contributed by atoms with Crippen LogP contribution >= 0.6 is 0 Å². The summed E-state index contributed by atoms with van der Waals surface area (Å²) in [4.78, 5) is 17.5. The minimum Gasteiger partial charge on any atom is -0.478 e. The van der Waals surface area contributed by atoms with Gasteiger partial charge in [-0.15, -0.1) is 0 Å². The van der Waals surface area contributed by atoms with Crippen molar-refractivity contribution in [3.8, 4) is 5.95 Å². The third-order valence-corrected chi connectivity index (χ3v) is 2.00. The number of hydrogen-bond acceptors (Lipinski definition) is 4. The van der Waals surface area contributed by atoms with Gasteiger partial charge in [0.2, 0.25) is 5.95 Å². The second kappa shape index (κ2) is 4.09. The van der Waals surface area contributed by atoms with Gasteiger partial charge in [0.1, 0.15) is 0 Å². The van der Waals surface area contributed by atoms with Crippen LogP contribution in [-0.2, 0) is 6.18 Å². The van der Waals surface area contributed by atoms with E-state index in [1.54, 1.807) is 0 Å². The van der Waals surface area contributed by atoms with Gasteiger partial charge in [-0.1, -0.05) is 0 Å². The van der Waals surface area contributed by atoms with Crippen molar-refractivity contribution < 1.29 is 23.1 Å². The number of aromatic carboxylic acids is 1. The summed E-state index contributed by atoms with van der Waals surface area (Å²) in [6.45, 7) is 0. The molecule has 0 aromatic carbocycles. The SMILES string of the molecule is O=C(O)c1cnn(-c2ncc(C(F)(F)F)cn2)c1. The zero-order chi connectivity index (χ0) is 13.3. The first-order chi connectivity index (χ1) is 8.38. The molecular weight excluding hydrogens is 253 g/mol. The largest absolute Gasteiger partial charge is 0.478 e. The molecule has 0 saturated carbocycles. The third-order valence-electron chi connectivity index (χ3n) is 2.00. The van der Waals surface area contributed by atoms with Gasteiger partial charge in [0.25, 0.3) is 0 Å². The molecule has 0 saturated heterocycles. The highest BCUT2D eigenvalue weighted by Gasteiger charge is 2.31. The van der Waals surface area contributed by atoms with Crippen molar-refractivity contribution >= 4 is 5.97 Å². The molecule has 2 aromatic heterocycles. The van der Waals surface area contributed by atoms with Crippen molar-refractivity contribution in [1.29, 1.82) is 0 Å². The van der Waals surface area contributed by atoms with E-state index in [2.05, 4.69) is 15.1 Å². The smallest absolute Gasteiger partial charge is 0.419 e. The number of aromatic nitrogens is 4. The standard InChI is InChI=1S/C9H5F3N4O2/c10-9(11,12)6-2-13-8(14-3-6)16-4-5(1-15-16)7(17)18/h1-4H,(H,17,18). The Morgan fingerprint density at radius 2 is 1.83 bits per heavy atom. The summed E-state index contributed by atoms with van der Waals surface area (Å²) in [5.74, 6) is -1.34. The molecule has 0 amide bonds. The van der Waals surface area contributed by atoms with Crippen LogP contribution < -0.4 is 0 Å². The number of carboxylic acid groups (broad SMARTS) is 1. The van der Waals surface area contributed by atoms with E-state index >= 15 is 0 Å². The van der Waals surface area contributed by atoms with E-state index in [0.717, 1.165) is 17.1 Å². The van der Waals surface area contributed by atoms with Gasteiger partial charge < -0.3 is 5.11 Å². The molecule has 0 unspecified atom stereocenters. The minimum absolute atomic E-state index is 0.113. The van der Waals surface area contributed by atoms with Crippen molar-refractivity contribution in [2.75, 3.05) is 0 Å². The second-order valence-corrected chi connectivity index (χ2v) is 3.25. The van der Waals surface area contributed by atoms with Crippen LogP contribution in [0.1, 0.15) is 15.9 Å². The molecule has 0 aliphatic heterocycles. The Morgan fingerprint density at radius 1 is 1.22 bits per heavy atom. The first kappa shape index (κ1) is 12.0. The van der Waals surface area contributed by atoms with Gasteiger partial charge in [-0.05, 0) is 0 Å². The van der Waals surface area contributed by atoms with Crippen LogP contribution in [0.4, 0.5) is 13.2 Å². The zero-order valence-electron chi connectivity index (χ0n) is 8.59. The Hall–Kier alpha value is -2.45. The molecule has 0 bridgehead atoms. The molecule has 0 atom stereocenters. The number of halogens is 3. The Bertz CT molecular complexity index is 576. The van der Waals surface area contributed by atoms with E-state index < -0.39 is 17.7 Å². The maximum atomic E-state index is 12.3. The summed E-state index contributed by atoms with van der Waals surface area (Å²) < 4.78 is 37.7. The fourth-order valence-corrected chi connectivity index (χ4v) is 1.13. The lowest BCUT2D eigenvalue weighted by Gasteiger charge is -2.05. The van der Waals surface area contributed by atoms with Crippen LogP contribution in [0.2, 0.25) is 0 Å². The van der Waals surface area contributed by atoms with Crippen molar-refractivity contribution in [3.05, 3.63) is 35.9 Å². The number of alkyl halides is 3. The number of rotatable bonds is 2. The lowest BCUT2D eigenvalue weighted by atomic mass is 10.3. The number of nitrogens with zero attached hydrogens (tertiary/aromatic N) is 4. The van der Waals surface area contributed by atoms with E-state index in [1.165, 1.54) is 0 Å². The molecule has 2 aromatic rings. The highest BCUT2D eigenvalue weighted by atomic mass is 19.4. The molecule has 0 aliphatic carbocycles. The molecular formula is C9H5F3N4O2. The Labute approximate surface area is 97.7 Å². The predicted molar refractivity (Wildman–Crippen MR) is 51.1 cm³/mol. The average Bonchev–Trinajstić information content (AvgIpc) is 2.77. The molecule has 2 rings (SSSR count). The first-order valence-electron chi connectivity index (χ1n) is 4.55. The normalized spacial score (nSPS) is 11.5. The van der Waals surface area contributed by atoms with Crippen molar-refractivity contribution in [3.63, 3.8) is 0 Å². The van der Waals surface area contributed by atoms with Crippen LogP contribution in [0, 0.1) is 0 Å². The van der Waals surface area contributed by atoms with Crippen molar-refractivity contribution in [1.82, 2.24) is 19.7 Å². The Balaban J connectivity index is 2.31. The maximum Gasteiger partial charge on any atom is 0.419 e. The lowest BCUT2D eigenvalue weighted by molar-refractivity contribution is -0.138. The maximum absolute atomic E-state index is 12.3. The second-order valence-electron chi connectivity index (χ2n) is 3.25. The molecule has 0 fully saturated rings. The van der Waals surface area contributed by atoms with Gasteiger partial charge in [-0.2, -0.15) is 18.3 Å². The third kappa shape index (κ3) is 2.29. The number of carboxylic acids is 1. The first-order valence-corrected chi connectivity index (χ1v) is 4.55. The number of hydrogen-bond donors (Lipinski definition) is 1. The Morgan fingerprint density at radius 3 is 2.28 bits per heavy atom. The van der Waals surface area contributed by atoms with Crippen LogP contribution in [0.25, 0.3) is 5.95 Å². The van der Waals surface area contributed by atoms with Gasteiger partial charge in [-0.3, -0.25) is 0 Å². The summed E-state index contributed by atoms with van der Waals surface area (Å²) in [5, 5.41) is 12.3. The summed E-state index contributed by atoms with van der Waals surface area (Å²) >= 11 is 0. The van der Waals surface area contributed by atoms with E-state index in [0.29, 0.717) is 12.4 Å². The molecule has 9 heteroatoms. The highest BCUT2D eigenvalue weighted by molar-refractivity contribution is 5.86. The summed E-state index contributed by atoms with van der Waals surface area (Å²) in [6, 6.07) is 0. The van der Waals surface area contributed by atoms with Crippen LogP contribution in [-0.4, -0.2) is 30.8 Å². The van der Waals surface area contributed by atoms with Crippen LogP contribution in [0.3, 0.4) is 0 Å². The minimum atomic E-state index is -4.52. The topological polar surface area (TPSA) is 80.9 Å². The van der Waals surface area contributed by atoms with E-state index in [-0.39, 0.29) is 11.5 Å². The van der Waals surface area contributed by atoms with Gasteiger partial charge >= 0.3 is 12.1 Å². The van der Waals surface area contributed by atoms with Gasteiger partial charge in [0.05, 0.1) is 17.3 Å². The quantitative estimate of drug-likeness (QED) is 0.880. The molecule has 18 heavy (non-hydrogen) atoms. The Kier molecular flexibility index (Phi) is 2.73. The summed E-state index contributed by atoms with van der Waals surface area (Å²) in [6.07, 6.45) is -1.17. The average molecular weight is 258 g/mol. The highest BCUT2D eigenvalue weighted by Crippen LogP contribution is 2.27. The molecule has 94 valence electrons. The van der Waals surface area contributed by atoms with Crippen molar-refractivity contribution in [2.45, 2.75) is 6.18 Å². The molecule has 0 aliphatic rings. The van der Waals surface area contributed by atoms with E-state index in [4.69, 9.17) is 5.11 Å². The van der Waals surface area contributed by atoms with Gasteiger partial charge in [0, 0.05) is 18.6 Å². The predicted octanol–water partition coefficient (Wildman–Crippen LogP) is 1.38. The summed E-state index contributed by atoms with van der Waals surface area (Å²) in [5.41, 5.74) is -1.10.